The summed E-state index contributed by atoms with van der Waals surface area (Å²) in [6.07, 6.45) is 1.47. The van der Waals surface area contributed by atoms with E-state index in [1.165, 1.54) is 18.2 Å². The van der Waals surface area contributed by atoms with Gasteiger partial charge >= 0.3 is 0 Å². The number of halogens is 1. The Bertz CT molecular complexity index is 1270. The first-order chi connectivity index (χ1) is 16.4. The molecular formula is C25H20BrN3O5. The van der Waals surface area contributed by atoms with Gasteiger partial charge in [0, 0.05) is 17.8 Å². The Labute approximate surface area is 204 Å². The molecule has 0 bridgehead atoms. The van der Waals surface area contributed by atoms with Gasteiger partial charge in [0.05, 0.1) is 16.0 Å². The number of anilines is 1. The Morgan fingerprint density at radius 2 is 1.91 bits per heavy atom. The fraction of sp³-hybridized carbons (Fsp3) is 0.120. The molecule has 3 aromatic carbocycles. The van der Waals surface area contributed by atoms with E-state index in [0.29, 0.717) is 39.4 Å². The molecule has 0 atom stereocenters. The minimum atomic E-state index is -0.534. The van der Waals surface area contributed by atoms with Gasteiger partial charge < -0.3 is 14.8 Å². The monoisotopic (exact) mass is 521 g/mol. The molecule has 0 spiro atoms. The molecule has 0 aliphatic heterocycles. The Kier molecular flexibility index (Phi) is 8.37. The minimum Gasteiger partial charge on any atom is -0.494 e. The molecule has 34 heavy (non-hydrogen) atoms. The van der Waals surface area contributed by atoms with Crippen LogP contribution in [-0.2, 0) is 11.4 Å². The molecule has 0 aromatic heterocycles. The molecule has 8 nitrogen and oxygen atoms in total. The first-order valence-corrected chi connectivity index (χ1v) is 11.0. The van der Waals surface area contributed by atoms with Gasteiger partial charge in [0.15, 0.2) is 0 Å². The van der Waals surface area contributed by atoms with E-state index in [0.717, 1.165) is 0 Å². The summed E-state index contributed by atoms with van der Waals surface area (Å²) in [4.78, 5) is 23.0. The van der Waals surface area contributed by atoms with E-state index in [4.69, 9.17) is 9.47 Å². The first kappa shape index (κ1) is 24.5. The molecule has 1 amide bonds. The summed E-state index contributed by atoms with van der Waals surface area (Å²) >= 11 is 3.42. The summed E-state index contributed by atoms with van der Waals surface area (Å²) in [5.74, 6) is 0.670. The number of nitro benzene ring substituents is 1. The third-order valence-corrected chi connectivity index (χ3v) is 5.19. The van der Waals surface area contributed by atoms with Gasteiger partial charge in [-0.2, -0.15) is 5.26 Å². The van der Waals surface area contributed by atoms with E-state index in [9.17, 15) is 20.2 Å². The highest BCUT2D eigenvalue weighted by Gasteiger charge is 2.11. The third-order valence-electron chi connectivity index (χ3n) is 4.57. The van der Waals surface area contributed by atoms with E-state index >= 15 is 0 Å². The van der Waals surface area contributed by atoms with E-state index in [1.54, 1.807) is 54.6 Å². The summed E-state index contributed by atoms with van der Waals surface area (Å²) in [5.41, 5.74) is 1.75. The summed E-state index contributed by atoms with van der Waals surface area (Å²) < 4.78 is 11.7. The highest BCUT2D eigenvalue weighted by molar-refractivity contribution is 9.10. The number of ether oxygens (including phenoxy) is 2. The van der Waals surface area contributed by atoms with Crippen LogP contribution < -0.4 is 14.8 Å². The molecule has 0 fully saturated rings. The van der Waals surface area contributed by atoms with Crippen LogP contribution in [0, 0.1) is 21.4 Å². The lowest BCUT2D eigenvalue weighted by Gasteiger charge is -2.09. The lowest BCUT2D eigenvalue weighted by Crippen LogP contribution is -2.13. The Hall–Kier alpha value is -4.16. The van der Waals surface area contributed by atoms with Crippen LogP contribution in [0.2, 0.25) is 0 Å². The number of carbonyl (C=O) groups excluding carboxylic acids is 1. The van der Waals surface area contributed by atoms with E-state index in [2.05, 4.69) is 21.2 Å². The number of carbonyl (C=O) groups is 1. The van der Waals surface area contributed by atoms with Crippen molar-refractivity contribution in [3.8, 4) is 17.6 Å². The number of hydrogen-bond acceptors (Lipinski definition) is 6. The molecule has 0 heterocycles. The molecule has 172 valence electrons. The van der Waals surface area contributed by atoms with E-state index in [1.807, 2.05) is 13.0 Å². The second kappa shape index (κ2) is 11.6. The maximum Gasteiger partial charge on any atom is 0.269 e. The van der Waals surface area contributed by atoms with Crippen molar-refractivity contribution in [3.05, 3.63) is 98.0 Å². The SMILES string of the molecule is CCOc1ccc(NC(=O)/C(C#N)=C\c2ccc(OCc3cccc([N+](=O)[O-])c3)c(Br)c2)cc1. The molecule has 0 unspecified atom stereocenters. The maximum absolute atomic E-state index is 12.5. The number of non-ortho nitro benzene ring substituents is 1. The number of nitrogens with zero attached hydrogens (tertiary/aromatic N) is 2. The number of nitriles is 1. The number of rotatable bonds is 9. The van der Waals surface area contributed by atoms with Crippen molar-refractivity contribution in [2.45, 2.75) is 13.5 Å². The standard InChI is InChI=1S/C25H20BrN3O5/c1-2-33-22-9-7-20(8-10-22)28-25(30)19(15-27)12-17-6-11-24(23(26)14-17)34-16-18-4-3-5-21(13-18)29(31)32/h3-14H,2,16H2,1H3,(H,28,30)/b19-12-. The van der Waals surface area contributed by atoms with E-state index < -0.39 is 10.8 Å². The van der Waals surface area contributed by atoms with Crippen LogP contribution in [0.15, 0.2) is 76.8 Å². The van der Waals surface area contributed by atoms with E-state index in [-0.39, 0.29) is 17.9 Å². The summed E-state index contributed by atoms with van der Waals surface area (Å²) in [6, 6.07) is 20.1. The van der Waals surface area contributed by atoms with Crippen LogP contribution >= 0.6 is 15.9 Å². The third kappa shape index (κ3) is 6.67. The highest BCUT2D eigenvalue weighted by atomic mass is 79.9. The van der Waals surface area contributed by atoms with Crippen molar-refractivity contribution in [3.63, 3.8) is 0 Å². The average molecular weight is 522 g/mol. The van der Waals surface area contributed by atoms with Gasteiger partial charge in [0.1, 0.15) is 29.7 Å². The quantitative estimate of drug-likeness (QED) is 0.162. The molecule has 3 aromatic rings. The molecule has 1 N–H and O–H groups in total. The van der Waals surface area contributed by atoms with Gasteiger partial charge in [0.2, 0.25) is 0 Å². The lowest BCUT2D eigenvalue weighted by atomic mass is 10.1. The smallest absolute Gasteiger partial charge is 0.269 e. The van der Waals surface area contributed by atoms with Crippen LogP contribution in [-0.4, -0.2) is 17.4 Å². The fourth-order valence-corrected chi connectivity index (χ4v) is 3.47. The average Bonchev–Trinajstić information content (AvgIpc) is 2.83. The van der Waals surface area contributed by atoms with Gasteiger partial charge in [0.25, 0.3) is 11.6 Å². The molecule has 9 heteroatoms. The van der Waals surface area contributed by atoms with Crippen molar-refractivity contribution in [1.82, 2.24) is 0 Å². The van der Waals surface area contributed by atoms with Crippen LogP contribution in [0.25, 0.3) is 6.08 Å². The normalized spacial score (nSPS) is 10.8. The van der Waals surface area contributed by atoms with Crippen molar-refractivity contribution >= 4 is 39.3 Å². The van der Waals surface area contributed by atoms with Crippen molar-refractivity contribution in [2.75, 3.05) is 11.9 Å². The van der Waals surface area contributed by atoms with Crippen LogP contribution in [0.1, 0.15) is 18.1 Å². The van der Waals surface area contributed by atoms with Crippen LogP contribution in [0.5, 0.6) is 11.5 Å². The number of amides is 1. The van der Waals surface area contributed by atoms with Gasteiger partial charge in [-0.15, -0.1) is 0 Å². The number of benzene rings is 3. The zero-order valence-corrected chi connectivity index (χ0v) is 19.7. The number of nitro groups is 1. The van der Waals surface area contributed by atoms with Crippen molar-refractivity contribution in [1.29, 1.82) is 5.26 Å². The van der Waals surface area contributed by atoms with Gasteiger partial charge in [-0.3, -0.25) is 14.9 Å². The summed E-state index contributed by atoms with van der Waals surface area (Å²) in [6.45, 7) is 2.57. The Balaban J connectivity index is 1.67. The molecule has 0 aliphatic carbocycles. The zero-order valence-electron chi connectivity index (χ0n) is 18.2. The molecule has 0 radical (unpaired) electrons. The second-order valence-corrected chi connectivity index (χ2v) is 7.84. The van der Waals surface area contributed by atoms with Gasteiger partial charge in [-0.1, -0.05) is 18.2 Å². The van der Waals surface area contributed by atoms with Crippen molar-refractivity contribution in [2.24, 2.45) is 0 Å². The predicted molar refractivity (Wildman–Crippen MR) is 131 cm³/mol. The van der Waals surface area contributed by atoms with Crippen LogP contribution in [0.3, 0.4) is 0 Å². The fourth-order valence-electron chi connectivity index (χ4n) is 2.96. The predicted octanol–water partition coefficient (Wildman–Crippen LogP) is 5.88. The molecule has 3 rings (SSSR count). The largest absolute Gasteiger partial charge is 0.494 e. The second-order valence-electron chi connectivity index (χ2n) is 6.99. The van der Waals surface area contributed by atoms with Crippen molar-refractivity contribution < 1.29 is 19.2 Å². The first-order valence-electron chi connectivity index (χ1n) is 10.2. The molecule has 0 aliphatic rings. The number of hydrogen-bond donors (Lipinski definition) is 1. The summed E-state index contributed by atoms with van der Waals surface area (Å²) in [7, 11) is 0. The Morgan fingerprint density at radius 1 is 1.15 bits per heavy atom. The minimum absolute atomic E-state index is 0.00630. The van der Waals surface area contributed by atoms with Gasteiger partial charge in [-0.05, 0) is 76.5 Å². The molecular weight excluding hydrogens is 502 g/mol. The molecule has 0 saturated heterocycles. The van der Waals surface area contributed by atoms with Gasteiger partial charge in [-0.25, -0.2) is 0 Å². The maximum atomic E-state index is 12.5. The van der Waals surface area contributed by atoms with Crippen LogP contribution in [0.4, 0.5) is 11.4 Å². The zero-order chi connectivity index (χ0) is 24.5. The lowest BCUT2D eigenvalue weighted by molar-refractivity contribution is -0.384. The number of nitrogens with one attached hydrogen (secondary N) is 1. The Morgan fingerprint density at radius 3 is 2.56 bits per heavy atom. The highest BCUT2D eigenvalue weighted by Crippen LogP contribution is 2.28. The molecule has 0 saturated carbocycles. The summed E-state index contributed by atoms with van der Waals surface area (Å²) in [5, 5.41) is 23.1. The topological polar surface area (TPSA) is 114 Å².